The largest absolute Gasteiger partial charge is 0.494 e. The molecule has 1 aliphatic rings. The van der Waals surface area contributed by atoms with Crippen molar-refractivity contribution >= 4 is 0 Å². The maximum Gasteiger partial charge on any atom is 0.165 e. The van der Waals surface area contributed by atoms with E-state index in [9.17, 15) is 14.8 Å². The average Bonchev–Trinajstić information content (AvgIpc) is 2.87. The molecule has 1 saturated heterocycles. The van der Waals surface area contributed by atoms with Crippen LogP contribution in [0.4, 0.5) is 4.39 Å². The molecule has 1 heterocycles. The van der Waals surface area contributed by atoms with E-state index in [1.807, 2.05) is 0 Å². The second-order valence-electron chi connectivity index (χ2n) is 4.37. The molecule has 1 aromatic carbocycles. The van der Waals surface area contributed by atoms with Gasteiger partial charge in [-0.2, -0.15) is 5.26 Å². The van der Waals surface area contributed by atoms with Crippen molar-refractivity contribution in [2.45, 2.75) is 12.5 Å². The summed E-state index contributed by atoms with van der Waals surface area (Å²) in [5, 5.41) is 19.5. The van der Waals surface area contributed by atoms with E-state index < -0.39 is 17.3 Å². The van der Waals surface area contributed by atoms with Crippen molar-refractivity contribution < 1.29 is 19.0 Å². The Morgan fingerprint density at radius 2 is 2.39 bits per heavy atom. The number of hydrogen-bond donors (Lipinski definition) is 1. The van der Waals surface area contributed by atoms with Gasteiger partial charge in [0.2, 0.25) is 0 Å². The predicted octanol–water partition coefficient (Wildman–Crippen LogP) is 1.80. The molecule has 18 heavy (non-hydrogen) atoms. The summed E-state index contributed by atoms with van der Waals surface area (Å²) in [6.45, 7) is 0.599. The standard InChI is InChI=1S/C13H14FNO3/c1-17-11-3-2-9(6-10(11)14)12(16)13(7-15)4-5-18-8-13/h2-3,6,12,16H,4-5,8H2,1H3. The first kappa shape index (κ1) is 12.8. The third kappa shape index (κ3) is 2.05. The molecule has 0 saturated carbocycles. The summed E-state index contributed by atoms with van der Waals surface area (Å²) in [7, 11) is 1.37. The highest BCUT2D eigenvalue weighted by Crippen LogP contribution is 2.41. The average molecular weight is 251 g/mol. The van der Waals surface area contributed by atoms with E-state index in [1.165, 1.54) is 19.2 Å². The van der Waals surface area contributed by atoms with E-state index >= 15 is 0 Å². The highest BCUT2D eigenvalue weighted by Gasteiger charge is 2.43. The molecule has 1 aromatic rings. The Bertz CT molecular complexity index is 478. The zero-order valence-corrected chi connectivity index (χ0v) is 10.0. The van der Waals surface area contributed by atoms with E-state index in [4.69, 9.17) is 9.47 Å². The number of nitrogens with zero attached hydrogens (tertiary/aromatic N) is 1. The lowest BCUT2D eigenvalue weighted by Gasteiger charge is -2.25. The van der Waals surface area contributed by atoms with Gasteiger partial charge in [0, 0.05) is 6.61 Å². The van der Waals surface area contributed by atoms with Crippen LogP contribution in [0.3, 0.4) is 0 Å². The quantitative estimate of drug-likeness (QED) is 0.889. The number of methoxy groups -OCH3 is 1. The fourth-order valence-electron chi connectivity index (χ4n) is 2.12. The van der Waals surface area contributed by atoms with E-state index in [0.29, 0.717) is 18.6 Å². The molecule has 96 valence electrons. The third-order valence-corrected chi connectivity index (χ3v) is 3.29. The Morgan fingerprint density at radius 3 is 2.89 bits per heavy atom. The maximum atomic E-state index is 13.6. The van der Waals surface area contributed by atoms with Gasteiger partial charge >= 0.3 is 0 Å². The maximum absolute atomic E-state index is 13.6. The molecule has 5 heteroatoms. The Balaban J connectivity index is 2.31. The lowest BCUT2D eigenvalue weighted by molar-refractivity contribution is 0.0501. The Labute approximate surface area is 105 Å². The number of aliphatic hydroxyl groups is 1. The molecular formula is C13H14FNO3. The first-order valence-corrected chi connectivity index (χ1v) is 5.63. The lowest BCUT2D eigenvalue weighted by Crippen LogP contribution is -2.27. The van der Waals surface area contributed by atoms with Crippen LogP contribution in [0.5, 0.6) is 5.75 Å². The van der Waals surface area contributed by atoms with Gasteiger partial charge in [0.25, 0.3) is 0 Å². The first-order chi connectivity index (χ1) is 8.63. The first-order valence-electron chi connectivity index (χ1n) is 5.63. The van der Waals surface area contributed by atoms with Gasteiger partial charge < -0.3 is 14.6 Å². The molecule has 1 aliphatic heterocycles. The highest BCUT2D eigenvalue weighted by atomic mass is 19.1. The molecule has 2 unspecified atom stereocenters. The smallest absolute Gasteiger partial charge is 0.165 e. The van der Waals surface area contributed by atoms with Crippen molar-refractivity contribution in [3.63, 3.8) is 0 Å². The number of benzene rings is 1. The van der Waals surface area contributed by atoms with Crippen molar-refractivity contribution in [2.75, 3.05) is 20.3 Å². The van der Waals surface area contributed by atoms with Gasteiger partial charge in [-0.1, -0.05) is 6.07 Å². The summed E-state index contributed by atoms with van der Waals surface area (Å²) in [6.07, 6.45) is -0.622. The number of nitriles is 1. The molecule has 0 spiro atoms. The highest BCUT2D eigenvalue weighted by molar-refractivity contribution is 5.32. The van der Waals surface area contributed by atoms with Crippen molar-refractivity contribution in [1.29, 1.82) is 5.26 Å². The van der Waals surface area contributed by atoms with Crippen molar-refractivity contribution in [2.24, 2.45) is 5.41 Å². The van der Waals surface area contributed by atoms with Crippen LogP contribution in [0.1, 0.15) is 18.1 Å². The van der Waals surface area contributed by atoms with Gasteiger partial charge in [-0.25, -0.2) is 4.39 Å². The van der Waals surface area contributed by atoms with E-state index in [1.54, 1.807) is 6.07 Å². The Morgan fingerprint density at radius 1 is 1.61 bits per heavy atom. The molecular weight excluding hydrogens is 237 g/mol. The van der Waals surface area contributed by atoms with Crippen LogP contribution in [0.2, 0.25) is 0 Å². The molecule has 1 fully saturated rings. The van der Waals surface area contributed by atoms with E-state index in [0.717, 1.165) is 0 Å². The SMILES string of the molecule is COc1ccc(C(O)C2(C#N)CCOC2)cc1F. The van der Waals surface area contributed by atoms with Crippen LogP contribution in [-0.2, 0) is 4.74 Å². The van der Waals surface area contributed by atoms with Crippen LogP contribution in [-0.4, -0.2) is 25.4 Å². The molecule has 4 nitrogen and oxygen atoms in total. The summed E-state index contributed by atoms with van der Waals surface area (Å²) in [5.74, 6) is -0.444. The normalized spacial score (nSPS) is 24.6. The molecule has 2 rings (SSSR count). The van der Waals surface area contributed by atoms with Crippen LogP contribution in [0.15, 0.2) is 18.2 Å². The number of hydrogen-bond acceptors (Lipinski definition) is 4. The van der Waals surface area contributed by atoms with Gasteiger partial charge in [0.15, 0.2) is 11.6 Å². The van der Waals surface area contributed by atoms with Gasteiger partial charge in [0.1, 0.15) is 11.5 Å². The zero-order chi connectivity index (χ0) is 13.2. The minimum Gasteiger partial charge on any atom is -0.494 e. The molecule has 0 amide bonds. The summed E-state index contributed by atoms with van der Waals surface area (Å²) >= 11 is 0. The number of halogens is 1. The van der Waals surface area contributed by atoms with Crippen LogP contribution in [0, 0.1) is 22.6 Å². The second-order valence-corrected chi connectivity index (χ2v) is 4.37. The molecule has 0 radical (unpaired) electrons. The summed E-state index contributed by atoms with van der Waals surface area (Å²) < 4.78 is 23.6. The van der Waals surface area contributed by atoms with Crippen LogP contribution >= 0.6 is 0 Å². The molecule has 1 N–H and O–H groups in total. The van der Waals surface area contributed by atoms with Gasteiger partial charge in [-0.15, -0.1) is 0 Å². The number of ether oxygens (including phenoxy) is 2. The molecule has 0 bridgehead atoms. The fraction of sp³-hybridized carbons (Fsp3) is 0.462. The topological polar surface area (TPSA) is 62.5 Å². The number of rotatable bonds is 3. The van der Waals surface area contributed by atoms with Gasteiger partial charge in [0.05, 0.1) is 19.8 Å². The molecule has 2 atom stereocenters. The molecule has 0 aromatic heterocycles. The summed E-state index contributed by atoms with van der Waals surface area (Å²) in [4.78, 5) is 0. The minimum absolute atomic E-state index is 0.111. The van der Waals surface area contributed by atoms with Crippen molar-refractivity contribution in [3.05, 3.63) is 29.6 Å². The fourth-order valence-corrected chi connectivity index (χ4v) is 2.12. The number of aliphatic hydroxyl groups excluding tert-OH is 1. The Hall–Kier alpha value is -1.64. The zero-order valence-electron chi connectivity index (χ0n) is 10.0. The van der Waals surface area contributed by atoms with E-state index in [2.05, 4.69) is 6.07 Å². The summed E-state index contributed by atoms with van der Waals surface area (Å²) in [6, 6.07) is 6.29. The monoisotopic (exact) mass is 251 g/mol. The van der Waals surface area contributed by atoms with Gasteiger partial charge in [-0.3, -0.25) is 0 Å². The summed E-state index contributed by atoms with van der Waals surface area (Å²) in [5.41, 5.74) is -0.624. The molecule has 0 aliphatic carbocycles. The Kier molecular flexibility index (Phi) is 3.50. The van der Waals surface area contributed by atoms with Gasteiger partial charge in [-0.05, 0) is 24.1 Å². The van der Waals surface area contributed by atoms with Crippen LogP contribution < -0.4 is 4.74 Å². The third-order valence-electron chi connectivity index (χ3n) is 3.29. The van der Waals surface area contributed by atoms with Crippen molar-refractivity contribution in [3.8, 4) is 11.8 Å². The van der Waals surface area contributed by atoms with E-state index in [-0.39, 0.29) is 12.4 Å². The van der Waals surface area contributed by atoms with Crippen molar-refractivity contribution in [1.82, 2.24) is 0 Å². The van der Waals surface area contributed by atoms with Crippen LogP contribution in [0.25, 0.3) is 0 Å². The minimum atomic E-state index is -1.06. The second kappa shape index (κ2) is 4.92. The lowest BCUT2D eigenvalue weighted by atomic mass is 9.79. The predicted molar refractivity (Wildman–Crippen MR) is 61.4 cm³/mol.